The van der Waals surface area contributed by atoms with Crippen molar-refractivity contribution in [3.8, 4) is 17.2 Å². The molecule has 218 valence electrons. The van der Waals surface area contributed by atoms with E-state index >= 15 is 0 Å². The van der Waals surface area contributed by atoms with Crippen molar-refractivity contribution in [3.63, 3.8) is 0 Å². The molecule has 0 aliphatic carbocycles. The number of nitrogens with zero attached hydrogens (tertiary/aromatic N) is 8. The number of benzene rings is 1. The van der Waals surface area contributed by atoms with Crippen LogP contribution in [0.15, 0.2) is 48.9 Å². The van der Waals surface area contributed by atoms with Crippen LogP contribution in [0.25, 0.3) is 11.1 Å². The molecular weight excluding hydrogens is 528 g/mol. The standard InChI is InChI=1S/C30H32N8O2.C2H6/c1-4-10-36-19-23-18-35(11-12-37(23)29(36)40)28-33-15-22(16-34-28)20-7-8-24-26(13-20)38(30(2,3)27(24)39)17-21-6-5-9-32-25(21)14-31;1-2/h5-9,13,15-16,23H,4,10-12,17-19H2,1-3H3;1-2H3. The van der Waals surface area contributed by atoms with Crippen LogP contribution in [-0.4, -0.2) is 80.9 Å². The van der Waals surface area contributed by atoms with E-state index in [0.29, 0.717) is 36.8 Å². The van der Waals surface area contributed by atoms with E-state index in [9.17, 15) is 14.9 Å². The molecule has 0 saturated carbocycles. The summed E-state index contributed by atoms with van der Waals surface area (Å²) in [7, 11) is 0. The summed E-state index contributed by atoms with van der Waals surface area (Å²) < 4.78 is 0. The molecule has 2 amide bonds. The van der Waals surface area contributed by atoms with Gasteiger partial charge in [-0.05, 0) is 44.0 Å². The van der Waals surface area contributed by atoms with E-state index in [4.69, 9.17) is 0 Å². The Balaban J connectivity index is 0.00000173. The molecule has 10 nitrogen and oxygen atoms in total. The predicted octanol–water partition coefficient (Wildman–Crippen LogP) is 4.75. The minimum atomic E-state index is -0.764. The van der Waals surface area contributed by atoms with Crippen LogP contribution in [0.4, 0.5) is 16.4 Å². The molecule has 0 spiro atoms. The number of pyridine rings is 1. The number of urea groups is 1. The molecule has 1 aromatic carbocycles. The summed E-state index contributed by atoms with van der Waals surface area (Å²) in [5.41, 5.74) is 3.62. The lowest BCUT2D eigenvalue weighted by Gasteiger charge is -2.36. The van der Waals surface area contributed by atoms with Crippen molar-refractivity contribution in [2.45, 2.75) is 59.2 Å². The number of ketones is 1. The van der Waals surface area contributed by atoms with E-state index in [1.54, 1.807) is 6.20 Å². The number of fused-ring (bicyclic) bond motifs is 2. The van der Waals surface area contributed by atoms with Crippen LogP contribution in [0.5, 0.6) is 0 Å². The number of anilines is 2. The van der Waals surface area contributed by atoms with Crippen molar-refractivity contribution < 1.29 is 9.59 Å². The van der Waals surface area contributed by atoms with Gasteiger partial charge in [0, 0.05) is 80.2 Å². The van der Waals surface area contributed by atoms with Gasteiger partial charge in [-0.2, -0.15) is 5.26 Å². The Bertz CT molecular complexity index is 1510. The Morgan fingerprint density at radius 1 is 1.02 bits per heavy atom. The van der Waals surface area contributed by atoms with Crippen LogP contribution in [0.2, 0.25) is 0 Å². The summed E-state index contributed by atoms with van der Waals surface area (Å²) in [6, 6.07) is 12.0. The van der Waals surface area contributed by atoms with Gasteiger partial charge >= 0.3 is 6.03 Å². The first kappa shape index (κ1) is 29.0. The van der Waals surface area contributed by atoms with E-state index in [1.165, 1.54) is 0 Å². The van der Waals surface area contributed by atoms with Gasteiger partial charge in [-0.25, -0.2) is 19.7 Å². The summed E-state index contributed by atoms with van der Waals surface area (Å²) in [5, 5.41) is 9.53. The summed E-state index contributed by atoms with van der Waals surface area (Å²) in [4.78, 5) is 47.6. The predicted molar refractivity (Wildman–Crippen MR) is 162 cm³/mol. The molecule has 3 aliphatic heterocycles. The molecule has 2 fully saturated rings. The van der Waals surface area contributed by atoms with Crippen LogP contribution in [0, 0.1) is 11.3 Å². The van der Waals surface area contributed by atoms with Gasteiger partial charge in [0.25, 0.3) is 0 Å². The minimum absolute atomic E-state index is 0.0464. The van der Waals surface area contributed by atoms with E-state index in [1.807, 2.05) is 85.1 Å². The number of hydrogen-bond acceptors (Lipinski definition) is 8. The molecule has 2 aromatic heterocycles. The Morgan fingerprint density at radius 2 is 1.79 bits per heavy atom. The maximum Gasteiger partial charge on any atom is 0.320 e. The molecule has 3 aromatic rings. The smallest absolute Gasteiger partial charge is 0.320 e. The third kappa shape index (κ3) is 5.04. The Hall–Kier alpha value is -4.52. The van der Waals surface area contributed by atoms with Crippen molar-refractivity contribution in [3.05, 3.63) is 65.7 Å². The van der Waals surface area contributed by atoms with Gasteiger partial charge in [-0.1, -0.05) is 32.9 Å². The number of hydrogen-bond donors (Lipinski definition) is 0. The van der Waals surface area contributed by atoms with Crippen molar-refractivity contribution in [2.24, 2.45) is 0 Å². The molecule has 10 heteroatoms. The number of carbonyl (C=O) groups excluding carboxylic acids is 2. The molecule has 2 saturated heterocycles. The minimum Gasteiger partial charge on any atom is -0.354 e. The maximum absolute atomic E-state index is 13.3. The van der Waals surface area contributed by atoms with Crippen LogP contribution >= 0.6 is 0 Å². The molecule has 1 atom stereocenters. The lowest BCUT2D eigenvalue weighted by molar-refractivity contribution is 0.0923. The number of amides is 2. The lowest BCUT2D eigenvalue weighted by atomic mass is 9.96. The number of carbonyl (C=O) groups is 2. The van der Waals surface area contributed by atoms with E-state index in [-0.39, 0.29) is 17.9 Å². The number of rotatable bonds is 6. The Morgan fingerprint density at radius 3 is 2.50 bits per heavy atom. The van der Waals surface area contributed by atoms with Gasteiger partial charge in [0.05, 0.1) is 11.6 Å². The summed E-state index contributed by atoms with van der Waals surface area (Å²) in [6.07, 6.45) is 6.20. The highest BCUT2D eigenvalue weighted by Gasteiger charge is 2.44. The zero-order valence-electron chi connectivity index (χ0n) is 25.0. The van der Waals surface area contributed by atoms with Crippen LogP contribution in [0.3, 0.4) is 0 Å². The fourth-order valence-electron chi connectivity index (χ4n) is 6.05. The van der Waals surface area contributed by atoms with Crippen molar-refractivity contribution >= 4 is 23.5 Å². The number of piperazine rings is 1. The molecule has 42 heavy (non-hydrogen) atoms. The molecule has 0 radical (unpaired) electrons. The SMILES string of the molecule is CC.CCCN1CC2CN(c3ncc(-c4ccc5c(c4)N(Cc4cccnc4C#N)C(C)(C)C5=O)cn3)CCN2C1=O. The van der Waals surface area contributed by atoms with Gasteiger partial charge in [0.1, 0.15) is 11.8 Å². The quantitative estimate of drug-likeness (QED) is 0.420. The number of aromatic nitrogens is 3. The zero-order valence-corrected chi connectivity index (χ0v) is 25.0. The normalized spacial score (nSPS) is 18.8. The fourth-order valence-corrected chi connectivity index (χ4v) is 6.05. The summed E-state index contributed by atoms with van der Waals surface area (Å²) in [6.45, 7) is 13.9. The first-order valence-corrected chi connectivity index (χ1v) is 14.7. The van der Waals surface area contributed by atoms with E-state index in [2.05, 4.69) is 32.8 Å². The lowest BCUT2D eigenvalue weighted by Crippen LogP contribution is -2.52. The summed E-state index contributed by atoms with van der Waals surface area (Å²) in [5.74, 6) is 0.703. The summed E-state index contributed by atoms with van der Waals surface area (Å²) >= 11 is 0. The van der Waals surface area contributed by atoms with Crippen LogP contribution in [-0.2, 0) is 6.54 Å². The molecule has 3 aliphatic rings. The average molecular weight is 567 g/mol. The molecule has 0 N–H and O–H groups in total. The highest BCUT2D eigenvalue weighted by Crippen LogP contribution is 2.42. The maximum atomic E-state index is 13.3. The third-order valence-electron chi connectivity index (χ3n) is 8.27. The largest absolute Gasteiger partial charge is 0.354 e. The monoisotopic (exact) mass is 566 g/mol. The molecule has 5 heterocycles. The van der Waals surface area contributed by atoms with Gasteiger partial charge in [0.15, 0.2) is 5.78 Å². The van der Waals surface area contributed by atoms with Crippen molar-refractivity contribution in [2.75, 3.05) is 42.5 Å². The number of nitriles is 1. The highest BCUT2D eigenvalue weighted by molar-refractivity contribution is 6.14. The van der Waals surface area contributed by atoms with Crippen molar-refractivity contribution in [1.82, 2.24) is 24.8 Å². The first-order chi connectivity index (χ1) is 20.3. The van der Waals surface area contributed by atoms with Gasteiger partial charge in [-0.15, -0.1) is 0 Å². The third-order valence-corrected chi connectivity index (χ3v) is 8.27. The molecule has 1 unspecified atom stereocenters. The molecule has 0 bridgehead atoms. The second kappa shape index (κ2) is 11.8. The van der Waals surface area contributed by atoms with Gasteiger partial charge < -0.3 is 19.6 Å². The van der Waals surface area contributed by atoms with Crippen LogP contribution in [0.1, 0.15) is 62.7 Å². The molecule has 6 rings (SSSR count). The average Bonchev–Trinajstić information content (AvgIpc) is 3.43. The first-order valence-electron chi connectivity index (χ1n) is 14.7. The fraction of sp³-hybridized carbons (Fsp3) is 0.438. The Kier molecular flexibility index (Phi) is 8.12. The zero-order chi connectivity index (χ0) is 30.0. The van der Waals surface area contributed by atoms with Crippen molar-refractivity contribution in [1.29, 1.82) is 5.26 Å². The topological polar surface area (TPSA) is 110 Å². The number of Topliss-reactive ketones (excluding diaryl/α,β-unsaturated/α-hetero) is 1. The van der Waals surface area contributed by atoms with E-state index < -0.39 is 5.54 Å². The van der Waals surface area contributed by atoms with Crippen LogP contribution < -0.4 is 9.80 Å². The van der Waals surface area contributed by atoms with E-state index in [0.717, 1.165) is 48.4 Å². The van der Waals surface area contributed by atoms with Gasteiger partial charge in [-0.3, -0.25) is 4.79 Å². The second-order valence-corrected chi connectivity index (χ2v) is 11.1. The second-order valence-electron chi connectivity index (χ2n) is 11.1. The highest BCUT2D eigenvalue weighted by atomic mass is 16.2. The molecular formula is C32H38N8O2. The van der Waals surface area contributed by atoms with Gasteiger partial charge in [0.2, 0.25) is 5.95 Å². The Labute approximate surface area is 247 Å².